The van der Waals surface area contributed by atoms with Crippen LogP contribution in [0.15, 0.2) is 48.5 Å². The fourth-order valence-electron chi connectivity index (χ4n) is 3.78. The van der Waals surface area contributed by atoms with Crippen molar-refractivity contribution in [3.8, 4) is 0 Å². The van der Waals surface area contributed by atoms with Crippen molar-refractivity contribution < 1.29 is 14.4 Å². The van der Waals surface area contributed by atoms with Gasteiger partial charge >= 0.3 is 0 Å². The van der Waals surface area contributed by atoms with Gasteiger partial charge in [-0.05, 0) is 55.5 Å². The van der Waals surface area contributed by atoms with Gasteiger partial charge in [0.05, 0.1) is 12.6 Å². The molecule has 2 aromatic rings. The summed E-state index contributed by atoms with van der Waals surface area (Å²) in [6.07, 6.45) is 1.50. The second-order valence-electron chi connectivity index (χ2n) is 8.20. The Morgan fingerprint density at radius 2 is 1.94 bits per heavy atom. The Balaban J connectivity index is 1.65. The average molecular weight is 472 g/mol. The number of carbonyl (C=O) groups excluding carboxylic acids is 3. The Hall–Kier alpha value is -2.94. The zero-order valence-electron chi connectivity index (χ0n) is 18.6. The van der Waals surface area contributed by atoms with Gasteiger partial charge in [0.15, 0.2) is 0 Å². The molecule has 0 aromatic heterocycles. The minimum absolute atomic E-state index is 0.0979. The molecule has 1 saturated heterocycles. The molecule has 0 aliphatic carbocycles. The second kappa shape index (κ2) is 11.8. The number of anilines is 1. The van der Waals surface area contributed by atoms with Crippen LogP contribution in [0.4, 0.5) is 5.69 Å². The number of aryl methyl sites for hydroxylation is 2. The van der Waals surface area contributed by atoms with Crippen molar-refractivity contribution in [1.82, 2.24) is 16.0 Å². The third kappa shape index (κ3) is 7.28. The predicted octanol–water partition coefficient (Wildman–Crippen LogP) is 1.51. The van der Waals surface area contributed by atoms with Crippen LogP contribution in [0, 0.1) is 6.92 Å². The van der Waals surface area contributed by atoms with Crippen LogP contribution in [0.5, 0.6) is 0 Å². The molecule has 0 spiro atoms. The minimum Gasteiger partial charge on any atom is -0.351 e. The van der Waals surface area contributed by atoms with Crippen LogP contribution in [0.25, 0.3) is 0 Å². The van der Waals surface area contributed by atoms with E-state index in [9.17, 15) is 14.4 Å². The standard InChI is InChI=1S/C24H30ClN5O3/c1-15-11-17(8-9-19(15)25)29-23(32)20(10-7-16-5-3-2-4-6-16)30-24(33)21-12-18(14-27-21)28-22(31)13-26/h2-6,8-9,11,18,20-21,27H,7,10,12-14,26H2,1H3,(H,28,31)(H,29,32)(H,30,33)/t18-,20-,21+/m1/s1. The van der Waals surface area contributed by atoms with Gasteiger partial charge in [-0.15, -0.1) is 0 Å². The lowest BCUT2D eigenvalue weighted by atomic mass is 10.0. The number of benzene rings is 2. The van der Waals surface area contributed by atoms with Gasteiger partial charge in [0, 0.05) is 23.3 Å². The highest BCUT2D eigenvalue weighted by molar-refractivity contribution is 6.31. The molecule has 0 unspecified atom stereocenters. The van der Waals surface area contributed by atoms with E-state index in [-0.39, 0.29) is 30.3 Å². The van der Waals surface area contributed by atoms with Crippen molar-refractivity contribution in [2.75, 3.05) is 18.4 Å². The van der Waals surface area contributed by atoms with Gasteiger partial charge in [-0.2, -0.15) is 0 Å². The molecule has 0 radical (unpaired) electrons. The summed E-state index contributed by atoms with van der Waals surface area (Å²) < 4.78 is 0. The van der Waals surface area contributed by atoms with E-state index in [4.69, 9.17) is 17.3 Å². The van der Waals surface area contributed by atoms with Crippen LogP contribution in [0.3, 0.4) is 0 Å². The van der Waals surface area contributed by atoms with Crippen LogP contribution in [-0.2, 0) is 20.8 Å². The number of amides is 3. The molecule has 0 saturated carbocycles. The van der Waals surface area contributed by atoms with E-state index < -0.39 is 12.1 Å². The summed E-state index contributed by atoms with van der Waals surface area (Å²) in [6.45, 7) is 2.23. The quantitative estimate of drug-likeness (QED) is 0.379. The molecular weight excluding hydrogens is 442 g/mol. The number of hydrogen-bond donors (Lipinski definition) is 5. The molecule has 2 aromatic carbocycles. The van der Waals surface area contributed by atoms with Crippen molar-refractivity contribution >= 4 is 35.0 Å². The fraction of sp³-hybridized carbons (Fsp3) is 0.375. The number of carbonyl (C=O) groups is 3. The maximum Gasteiger partial charge on any atom is 0.246 e. The smallest absolute Gasteiger partial charge is 0.246 e. The lowest BCUT2D eigenvalue weighted by Crippen LogP contribution is -2.50. The molecule has 33 heavy (non-hydrogen) atoms. The normalized spacial score (nSPS) is 18.4. The SMILES string of the molecule is Cc1cc(NC(=O)[C@@H](CCc2ccccc2)NC(=O)[C@@H]2C[C@@H](NC(=O)CN)CN2)ccc1Cl. The summed E-state index contributed by atoms with van der Waals surface area (Å²) in [7, 11) is 0. The summed E-state index contributed by atoms with van der Waals surface area (Å²) in [6, 6.07) is 13.6. The van der Waals surface area contributed by atoms with Crippen molar-refractivity contribution in [2.45, 2.75) is 44.3 Å². The molecule has 9 heteroatoms. The van der Waals surface area contributed by atoms with Crippen LogP contribution in [0.1, 0.15) is 24.0 Å². The highest BCUT2D eigenvalue weighted by atomic mass is 35.5. The van der Waals surface area contributed by atoms with E-state index in [0.29, 0.717) is 36.5 Å². The zero-order chi connectivity index (χ0) is 23.8. The van der Waals surface area contributed by atoms with Crippen LogP contribution < -0.4 is 27.0 Å². The maximum atomic E-state index is 13.1. The van der Waals surface area contributed by atoms with Crippen molar-refractivity contribution in [2.24, 2.45) is 5.73 Å². The largest absolute Gasteiger partial charge is 0.351 e. The first-order chi connectivity index (χ1) is 15.9. The average Bonchev–Trinajstić information content (AvgIpc) is 3.28. The maximum absolute atomic E-state index is 13.1. The Kier molecular flexibility index (Phi) is 8.82. The number of halogens is 1. The first kappa shape index (κ1) is 24.7. The highest BCUT2D eigenvalue weighted by Crippen LogP contribution is 2.20. The Labute approximate surface area is 198 Å². The molecule has 6 N–H and O–H groups in total. The van der Waals surface area contributed by atoms with Crippen LogP contribution >= 0.6 is 11.6 Å². The molecular formula is C24H30ClN5O3. The lowest BCUT2D eigenvalue weighted by molar-refractivity contribution is -0.127. The molecule has 1 aliphatic heterocycles. The van der Waals surface area contributed by atoms with Crippen LogP contribution in [0.2, 0.25) is 5.02 Å². The van der Waals surface area contributed by atoms with Crippen molar-refractivity contribution in [1.29, 1.82) is 0 Å². The molecule has 3 amide bonds. The minimum atomic E-state index is -0.729. The molecule has 3 atom stereocenters. The fourth-order valence-corrected chi connectivity index (χ4v) is 3.90. The predicted molar refractivity (Wildman–Crippen MR) is 129 cm³/mol. The van der Waals surface area contributed by atoms with E-state index in [0.717, 1.165) is 11.1 Å². The monoisotopic (exact) mass is 471 g/mol. The van der Waals surface area contributed by atoms with Gasteiger partial charge in [-0.1, -0.05) is 41.9 Å². The zero-order valence-corrected chi connectivity index (χ0v) is 19.3. The van der Waals surface area contributed by atoms with E-state index in [1.807, 2.05) is 37.3 Å². The number of nitrogens with one attached hydrogen (secondary N) is 4. The van der Waals surface area contributed by atoms with Gasteiger partial charge in [-0.25, -0.2) is 0 Å². The summed E-state index contributed by atoms with van der Waals surface area (Å²) in [5, 5.41) is 12.3. The molecule has 1 fully saturated rings. The van der Waals surface area contributed by atoms with Crippen molar-refractivity contribution in [3.63, 3.8) is 0 Å². The van der Waals surface area contributed by atoms with Gasteiger partial charge < -0.3 is 27.0 Å². The van der Waals surface area contributed by atoms with E-state index in [1.165, 1.54) is 0 Å². The van der Waals surface area contributed by atoms with E-state index in [2.05, 4.69) is 21.3 Å². The second-order valence-corrected chi connectivity index (χ2v) is 8.61. The van der Waals surface area contributed by atoms with Crippen LogP contribution in [-0.4, -0.2) is 48.9 Å². The van der Waals surface area contributed by atoms with Gasteiger partial charge in [0.25, 0.3) is 0 Å². The number of nitrogens with two attached hydrogens (primary N) is 1. The Morgan fingerprint density at radius 3 is 2.64 bits per heavy atom. The van der Waals surface area contributed by atoms with E-state index >= 15 is 0 Å². The lowest BCUT2D eigenvalue weighted by Gasteiger charge is -2.21. The first-order valence-electron chi connectivity index (χ1n) is 11.0. The van der Waals surface area contributed by atoms with Crippen molar-refractivity contribution in [3.05, 3.63) is 64.7 Å². The third-order valence-corrected chi connectivity index (χ3v) is 6.04. The van der Waals surface area contributed by atoms with E-state index in [1.54, 1.807) is 18.2 Å². The summed E-state index contributed by atoms with van der Waals surface area (Å²) >= 11 is 6.08. The molecule has 3 rings (SSSR count). The van der Waals surface area contributed by atoms with Gasteiger partial charge in [0.1, 0.15) is 6.04 Å². The molecule has 1 heterocycles. The third-order valence-electron chi connectivity index (χ3n) is 5.62. The van der Waals surface area contributed by atoms with Gasteiger partial charge in [-0.3, -0.25) is 14.4 Å². The summed E-state index contributed by atoms with van der Waals surface area (Å²) in [5.41, 5.74) is 7.88. The topological polar surface area (TPSA) is 125 Å². The molecule has 0 bridgehead atoms. The number of hydrogen-bond acceptors (Lipinski definition) is 5. The molecule has 176 valence electrons. The summed E-state index contributed by atoms with van der Waals surface area (Å²) in [4.78, 5) is 37.5. The Morgan fingerprint density at radius 1 is 1.18 bits per heavy atom. The van der Waals surface area contributed by atoms with Gasteiger partial charge in [0.2, 0.25) is 17.7 Å². The number of rotatable bonds is 9. The highest BCUT2D eigenvalue weighted by Gasteiger charge is 2.32. The first-order valence-corrected chi connectivity index (χ1v) is 11.4. The summed E-state index contributed by atoms with van der Waals surface area (Å²) in [5.74, 6) is -0.840. The molecule has 8 nitrogen and oxygen atoms in total. The Bertz CT molecular complexity index is 985. The molecule has 1 aliphatic rings.